The fourth-order valence-electron chi connectivity index (χ4n) is 5.04. The standard InChI is InChI=1S/C28H42O15/c1-13(2)24-26(40-18(7)33)27(41-19(8)34)25(39-17(6)32)22(42-24)12-36-28(9)23(38-16(5)31)10-20(37-15(4)30)21(43-28)11-35-14(3)29/h13,20-27H,10-12H2,1-9H3/t20-,21+,22+,23+,24?,25+,26-,27-,28+/m0/s1. The van der Waals surface area contributed by atoms with E-state index in [1.54, 1.807) is 13.8 Å². The van der Waals surface area contributed by atoms with E-state index in [0.29, 0.717) is 0 Å². The number of ether oxygens (including phenoxy) is 9. The van der Waals surface area contributed by atoms with Gasteiger partial charge in [-0.2, -0.15) is 0 Å². The molecular formula is C28H42O15. The lowest BCUT2D eigenvalue weighted by molar-refractivity contribution is -0.347. The molecular weight excluding hydrogens is 576 g/mol. The normalized spacial score (nSPS) is 32.2. The summed E-state index contributed by atoms with van der Waals surface area (Å²) < 4.78 is 51.0. The van der Waals surface area contributed by atoms with Gasteiger partial charge < -0.3 is 42.6 Å². The summed E-state index contributed by atoms with van der Waals surface area (Å²) in [6, 6.07) is 0. The topological polar surface area (TPSA) is 185 Å². The highest BCUT2D eigenvalue weighted by Gasteiger charge is 2.55. The molecule has 0 aromatic heterocycles. The van der Waals surface area contributed by atoms with Crippen LogP contribution in [0.25, 0.3) is 0 Å². The van der Waals surface area contributed by atoms with Crippen LogP contribution in [-0.2, 0) is 71.4 Å². The highest BCUT2D eigenvalue weighted by atomic mass is 16.7. The fraction of sp³-hybridized carbons (Fsp3) is 0.786. The maximum absolute atomic E-state index is 12.1. The Hall–Kier alpha value is -3.30. The molecule has 0 radical (unpaired) electrons. The molecule has 2 heterocycles. The van der Waals surface area contributed by atoms with Gasteiger partial charge in [0.05, 0.1) is 6.61 Å². The number of hydrogen-bond donors (Lipinski definition) is 0. The van der Waals surface area contributed by atoms with Gasteiger partial charge in [-0.3, -0.25) is 28.8 Å². The van der Waals surface area contributed by atoms with Crippen LogP contribution in [0.5, 0.6) is 0 Å². The first kappa shape index (κ1) is 35.9. The molecule has 2 aliphatic heterocycles. The average molecular weight is 619 g/mol. The van der Waals surface area contributed by atoms with Crippen molar-refractivity contribution in [1.82, 2.24) is 0 Å². The lowest BCUT2D eigenvalue weighted by atomic mass is 9.88. The lowest BCUT2D eigenvalue weighted by Gasteiger charge is -2.48. The van der Waals surface area contributed by atoms with E-state index in [1.807, 2.05) is 0 Å². The van der Waals surface area contributed by atoms with Crippen molar-refractivity contribution in [3.8, 4) is 0 Å². The van der Waals surface area contributed by atoms with Gasteiger partial charge in [0, 0.05) is 48.0 Å². The second-order valence-electron chi connectivity index (χ2n) is 10.9. The van der Waals surface area contributed by atoms with E-state index < -0.39 is 90.4 Å². The molecule has 0 spiro atoms. The van der Waals surface area contributed by atoms with Crippen LogP contribution in [0.3, 0.4) is 0 Å². The van der Waals surface area contributed by atoms with Crippen LogP contribution in [0.15, 0.2) is 0 Å². The lowest BCUT2D eigenvalue weighted by Crippen LogP contribution is -2.64. The van der Waals surface area contributed by atoms with Crippen LogP contribution in [0.4, 0.5) is 0 Å². The van der Waals surface area contributed by atoms with Crippen LogP contribution in [-0.4, -0.2) is 104 Å². The Morgan fingerprint density at radius 1 is 0.674 bits per heavy atom. The number of carbonyl (C=O) groups excluding carboxylic acids is 6. The summed E-state index contributed by atoms with van der Waals surface area (Å²) in [6.07, 6.45) is -8.72. The van der Waals surface area contributed by atoms with Crippen molar-refractivity contribution in [2.24, 2.45) is 5.92 Å². The van der Waals surface area contributed by atoms with Crippen LogP contribution in [0.2, 0.25) is 0 Å². The summed E-state index contributed by atoms with van der Waals surface area (Å²) in [5, 5.41) is 0. The molecule has 2 aliphatic rings. The first-order valence-electron chi connectivity index (χ1n) is 13.9. The van der Waals surface area contributed by atoms with Crippen LogP contribution in [0.1, 0.15) is 68.7 Å². The van der Waals surface area contributed by atoms with Gasteiger partial charge in [0.15, 0.2) is 24.4 Å². The van der Waals surface area contributed by atoms with Gasteiger partial charge in [-0.15, -0.1) is 0 Å². The predicted molar refractivity (Wildman–Crippen MR) is 142 cm³/mol. The smallest absolute Gasteiger partial charge is 0.303 e. The minimum atomic E-state index is -1.71. The quantitative estimate of drug-likeness (QED) is 0.237. The number of hydrogen-bond acceptors (Lipinski definition) is 15. The molecule has 9 atom stereocenters. The zero-order valence-corrected chi connectivity index (χ0v) is 25.9. The maximum atomic E-state index is 12.1. The van der Waals surface area contributed by atoms with Crippen molar-refractivity contribution >= 4 is 35.8 Å². The van der Waals surface area contributed by atoms with Gasteiger partial charge in [0.25, 0.3) is 0 Å². The zero-order valence-electron chi connectivity index (χ0n) is 25.9. The van der Waals surface area contributed by atoms with Crippen molar-refractivity contribution < 1.29 is 71.4 Å². The summed E-state index contributed by atoms with van der Waals surface area (Å²) in [7, 11) is 0. The Labute approximate surface area is 250 Å². The Balaban J connectivity index is 2.46. The second-order valence-corrected chi connectivity index (χ2v) is 10.9. The monoisotopic (exact) mass is 618 g/mol. The van der Waals surface area contributed by atoms with Crippen molar-refractivity contribution in [3.63, 3.8) is 0 Å². The SMILES string of the molecule is CC(=O)OC[C@H]1O[C@@](C)(OC[C@H]2OC(C(C)C)[C@H](OC(C)=O)[C@@H](OC(C)=O)[C@@H]2OC(C)=O)[C@H](OC(C)=O)C[C@@H]1OC(C)=O. The van der Waals surface area contributed by atoms with Crippen molar-refractivity contribution in [1.29, 1.82) is 0 Å². The van der Waals surface area contributed by atoms with E-state index in [-0.39, 0.29) is 25.6 Å². The fourth-order valence-corrected chi connectivity index (χ4v) is 5.04. The molecule has 15 heteroatoms. The van der Waals surface area contributed by atoms with Gasteiger partial charge in [-0.25, -0.2) is 0 Å². The molecule has 0 saturated carbocycles. The third kappa shape index (κ3) is 10.4. The zero-order chi connectivity index (χ0) is 32.6. The molecule has 2 fully saturated rings. The number of esters is 6. The molecule has 244 valence electrons. The maximum Gasteiger partial charge on any atom is 0.303 e. The summed E-state index contributed by atoms with van der Waals surface area (Å²) >= 11 is 0. The first-order chi connectivity index (χ1) is 19.9. The van der Waals surface area contributed by atoms with Crippen LogP contribution in [0, 0.1) is 5.92 Å². The van der Waals surface area contributed by atoms with E-state index in [4.69, 9.17) is 42.6 Å². The highest BCUT2D eigenvalue weighted by molar-refractivity contribution is 5.69. The first-order valence-corrected chi connectivity index (χ1v) is 13.9. The molecule has 1 unspecified atom stereocenters. The average Bonchev–Trinajstić information content (AvgIpc) is 2.84. The second kappa shape index (κ2) is 15.4. The van der Waals surface area contributed by atoms with E-state index in [1.165, 1.54) is 34.6 Å². The number of rotatable bonds is 11. The molecule has 0 amide bonds. The van der Waals surface area contributed by atoms with Crippen molar-refractivity contribution in [3.05, 3.63) is 0 Å². The molecule has 15 nitrogen and oxygen atoms in total. The molecule has 0 N–H and O–H groups in total. The predicted octanol–water partition coefficient (Wildman–Crippen LogP) is 1.15. The van der Waals surface area contributed by atoms with Gasteiger partial charge in [-0.05, 0) is 12.8 Å². The third-order valence-corrected chi connectivity index (χ3v) is 6.67. The van der Waals surface area contributed by atoms with Gasteiger partial charge in [0.2, 0.25) is 5.79 Å². The minimum Gasteiger partial charge on any atom is -0.463 e. The summed E-state index contributed by atoms with van der Waals surface area (Å²) in [4.78, 5) is 71.5. The molecule has 0 bridgehead atoms. The van der Waals surface area contributed by atoms with Gasteiger partial charge in [0.1, 0.15) is 31.0 Å². The number of carbonyl (C=O) groups is 6. The summed E-state index contributed by atoms with van der Waals surface area (Å²) in [6.45, 7) is 11.5. The molecule has 43 heavy (non-hydrogen) atoms. The van der Waals surface area contributed by atoms with Crippen molar-refractivity contribution in [2.45, 2.75) is 123 Å². The molecule has 2 saturated heterocycles. The van der Waals surface area contributed by atoms with E-state index in [9.17, 15) is 28.8 Å². The Morgan fingerprint density at radius 2 is 1.19 bits per heavy atom. The van der Waals surface area contributed by atoms with E-state index in [2.05, 4.69) is 0 Å². The van der Waals surface area contributed by atoms with Crippen LogP contribution >= 0.6 is 0 Å². The van der Waals surface area contributed by atoms with Crippen molar-refractivity contribution in [2.75, 3.05) is 13.2 Å². The van der Waals surface area contributed by atoms with Gasteiger partial charge in [-0.1, -0.05) is 13.8 Å². The molecule has 0 aromatic carbocycles. The Morgan fingerprint density at radius 3 is 1.67 bits per heavy atom. The van der Waals surface area contributed by atoms with Crippen LogP contribution < -0.4 is 0 Å². The van der Waals surface area contributed by atoms with Gasteiger partial charge >= 0.3 is 35.8 Å². The summed E-state index contributed by atoms with van der Waals surface area (Å²) in [5.41, 5.74) is 0. The molecule has 2 rings (SSSR count). The van der Waals surface area contributed by atoms with E-state index >= 15 is 0 Å². The Kier molecular flexibility index (Phi) is 12.9. The summed E-state index contributed by atoms with van der Waals surface area (Å²) in [5.74, 6) is -6.01. The third-order valence-electron chi connectivity index (χ3n) is 6.67. The Bertz CT molecular complexity index is 1040. The minimum absolute atomic E-state index is 0.0697. The molecule has 0 aliphatic carbocycles. The van der Waals surface area contributed by atoms with E-state index in [0.717, 1.165) is 13.8 Å². The highest BCUT2D eigenvalue weighted by Crippen LogP contribution is 2.37. The largest absolute Gasteiger partial charge is 0.463 e. The molecule has 0 aromatic rings.